The number of nitrogens with zero attached hydrogens (tertiary/aromatic N) is 1. The second-order valence-electron chi connectivity index (χ2n) is 4.25. The molecule has 0 aliphatic heterocycles. The standard InChI is InChI=1S/C13H19ClN2O/c1-9(10(2)16(4)13(17)15-3)11-5-7-12(14)8-6-11/h5-10H,1-4H3,(H,15,17)/t9-,10+/m1/s1. The van der Waals surface area contributed by atoms with Gasteiger partial charge in [-0.3, -0.25) is 0 Å². The average Bonchev–Trinajstić information content (AvgIpc) is 2.36. The minimum Gasteiger partial charge on any atom is -0.341 e. The summed E-state index contributed by atoms with van der Waals surface area (Å²) >= 11 is 5.86. The summed E-state index contributed by atoms with van der Waals surface area (Å²) in [5.41, 5.74) is 1.18. The number of carbonyl (C=O) groups excluding carboxylic acids is 1. The molecule has 0 bridgehead atoms. The summed E-state index contributed by atoms with van der Waals surface area (Å²) in [7, 11) is 3.44. The molecule has 17 heavy (non-hydrogen) atoms. The Morgan fingerprint density at radius 3 is 2.29 bits per heavy atom. The Morgan fingerprint density at radius 1 is 1.29 bits per heavy atom. The van der Waals surface area contributed by atoms with Gasteiger partial charge in [0.1, 0.15) is 0 Å². The molecule has 0 aromatic heterocycles. The van der Waals surface area contributed by atoms with Crippen molar-refractivity contribution in [2.45, 2.75) is 25.8 Å². The quantitative estimate of drug-likeness (QED) is 0.883. The lowest BCUT2D eigenvalue weighted by atomic mass is 9.94. The zero-order chi connectivity index (χ0) is 13.0. The molecular weight excluding hydrogens is 236 g/mol. The Bertz CT molecular complexity index is 378. The average molecular weight is 255 g/mol. The topological polar surface area (TPSA) is 32.3 Å². The Balaban J connectivity index is 2.78. The van der Waals surface area contributed by atoms with E-state index >= 15 is 0 Å². The SMILES string of the molecule is CNC(=O)N(C)[C@@H](C)[C@@H](C)c1ccc(Cl)cc1. The number of amides is 2. The van der Waals surface area contributed by atoms with Crippen LogP contribution in [0.15, 0.2) is 24.3 Å². The molecule has 3 nitrogen and oxygen atoms in total. The number of carbonyl (C=O) groups is 1. The van der Waals surface area contributed by atoms with Crippen LogP contribution in [0.2, 0.25) is 5.02 Å². The van der Waals surface area contributed by atoms with E-state index in [0.717, 1.165) is 5.02 Å². The lowest BCUT2D eigenvalue weighted by Gasteiger charge is -2.29. The number of urea groups is 1. The zero-order valence-corrected chi connectivity index (χ0v) is 11.5. The Kier molecular flexibility index (Phi) is 4.82. The smallest absolute Gasteiger partial charge is 0.317 e. The summed E-state index contributed by atoms with van der Waals surface area (Å²) in [5, 5.41) is 3.36. The number of benzene rings is 1. The summed E-state index contributed by atoms with van der Waals surface area (Å²) in [4.78, 5) is 13.2. The minimum absolute atomic E-state index is 0.0710. The summed E-state index contributed by atoms with van der Waals surface area (Å²) in [6, 6.07) is 7.80. The summed E-state index contributed by atoms with van der Waals surface area (Å²) in [6.07, 6.45) is 0. The molecule has 2 amide bonds. The fraction of sp³-hybridized carbons (Fsp3) is 0.462. The third-order valence-corrected chi connectivity index (χ3v) is 3.52. The van der Waals surface area contributed by atoms with Gasteiger partial charge in [-0.15, -0.1) is 0 Å². The van der Waals surface area contributed by atoms with Crippen LogP contribution in [0, 0.1) is 0 Å². The maximum Gasteiger partial charge on any atom is 0.317 e. The van der Waals surface area contributed by atoms with Crippen LogP contribution < -0.4 is 5.32 Å². The van der Waals surface area contributed by atoms with Crippen LogP contribution in [0.4, 0.5) is 4.79 Å². The van der Waals surface area contributed by atoms with Crippen molar-refractivity contribution in [2.24, 2.45) is 0 Å². The maximum atomic E-state index is 11.5. The predicted octanol–water partition coefficient (Wildman–Crippen LogP) is 3.10. The number of hydrogen-bond donors (Lipinski definition) is 1. The van der Waals surface area contributed by atoms with Crippen molar-refractivity contribution in [3.05, 3.63) is 34.9 Å². The van der Waals surface area contributed by atoms with Gasteiger partial charge in [0.25, 0.3) is 0 Å². The van der Waals surface area contributed by atoms with Crippen LogP contribution in [0.5, 0.6) is 0 Å². The van der Waals surface area contributed by atoms with E-state index in [-0.39, 0.29) is 18.0 Å². The summed E-state index contributed by atoms with van der Waals surface area (Å²) in [5.74, 6) is 0.259. The summed E-state index contributed by atoms with van der Waals surface area (Å²) < 4.78 is 0. The summed E-state index contributed by atoms with van der Waals surface area (Å²) in [6.45, 7) is 4.14. The fourth-order valence-electron chi connectivity index (χ4n) is 1.74. The molecule has 0 saturated carbocycles. The van der Waals surface area contributed by atoms with Gasteiger partial charge in [-0.05, 0) is 24.6 Å². The molecule has 2 atom stereocenters. The minimum atomic E-state index is -0.0710. The second kappa shape index (κ2) is 5.92. The molecule has 1 rings (SSSR count). The highest BCUT2D eigenvalue weighted by atomic mass is 35.5. The first kappa shape index (κ1) is 13.8. The van der Waals surface area contributed by atoms with Gasteiger partial charge < -0.3 is 10.2 Å². The van der Waals surface area contributed by atoms with Crippen molar-refractivity contribution in [1.29, 1.82) is 0 Å². The molecule has 1 aromatic rings. The van der Waals surface area contributed by atoms with E-state index in [9.17, 15) is 4.79 Å². The lowest BCUT2D eigenvalue weighted by molar-refractivity contribution is 0.189. The first-order chi connectivity index (χ1) is 7.97. The van der Waals surface area contributed by atoms with Gasteiger partial charge in [0.2, 0.25) is 0 Å². The third-order valence-electron chi connectivity index (χ3n) is 3.26. The first-order valence-electron chi connectivity index (χ1n) is 5.67. The maximum absolute atomic E-state index is 11.5. The van der Waals surface area contributed by atoms with E-state index in [2.05, 4.69) is 12.2 Å². The van der Waals surface area contributed by atoms with Crippen LogP contribution in [0.1, 0.15) is 25.3 Å². The molecule has 0 heterocycles. The molecule has 0 saturated heterocycles. The normalized spacial score (nSPS) is 13.9. The van der Waals surface area contributed by atoms with E-state index < -0.39 is 0 Å². The van der Waals surface area contributed by atoms with Crippen molar-refractivity contribution in [2.75, 3.05) is 14.1 Å². The fourth-order valence-corrected chi connectivity index (χ4v) is 1.87. The molecule has 94 valence electrons. The molecule has 4 heteroatoms. The highest BCUT2D eigenvalue weighted by Gasteiger charge is 2.21. The van der Waals surface area contributed by atoms with Gasteiger partial charge in [-0.2, -0.15) is 0 Å². The number of likely N-dealkylation sites (N-methyl/N-ethyl adjacent to an activating group) is 1. The van der Waals surface area contributed by atoms with E-state index in [1.807, 2.05) is 31.2 Å². The van der Waals surface area contributed by atoms with Gasteiger partial charge in [0.05, 0.1) is 0 Å². The molecule has 0 spiro atoms. The Hall–Kier alpha value is -1.22. The van der Waals surface area contributed by atoms with Gasteiger partial charge in [-0.1, -0.05) is 30.7 Å². The second-order valence-corrected chi connectivity index (χ2v) is 4.68. The van der Waals surface area contributed by atoms with Crippen molar-refractivity contribution < 1.29 is 4.79 Å². The van der Waals surface area contributed by atoms with Crippen LogP contribution in [-0.2, 0) is 0 Å². The first-order valence-corrected chi connectivity index (χ1v) is 6.05. The van der Waals surface area contributed by atoms with Crippen LogP contribution in [-0.4, -0.2) is 31.1 Å². The number of nitrogens with one attached hydrogen (secondary N) is 1. The van der Waals surface area contributed by atoms with Crippen molar-refractivity contribution >= 4 is 17.6 Å². The molecule has 0 fully saturated rings. The molecule has 1 aromatic carbocycles. The highest BCUT2D eigenvalue weighted by molar-refractivity contribution is 6.30. The molecule has 0 radical (unpaired) electrons. The number of hydrogen-bond acceptors (Lipinski definition) is 1. The number of halogens is 1. The van der Waals surface area contributed by atoms with E-state index in [1.165, 1.54) is 5.56 Å². The van der Waals surface area contributed by atoms with Crippen LogP contribution in [0.3, 0.4) is 0 Å². The Morgan fingerprint density at radius 2 is 1.82 bits per heavy atom. The largest absolute Gasteiger partial charge is 0.341 e. The van der Waals surface area contributed by atoms with Crippen molar-refractivity contribution in [1.82, 2.24) is 10.2 Å². The van der Waals surface area contributed by atoms with Crippen molar-refractivity contribution in [3.63, 3.8) is 0 Å². The predicted molar refractivity (Wildman–Crippen MR) is 71.5 cm³/mol. The van der Waals surface area contributed by atoms with E-state index in [0.29, 0.717) is 0 Å². The van der Waals surface area contributed by atoms with Gasteiger partial charge in [0, 0.05) is 31.1 Å². The van der Waals surface area contributed by atoms with Gasteiger partial charge in [-0.25, -0.2) is 4.79 Å². The van der Waals surface area contributed by atoms with E-state index in [1.54, 1.807) is 19.0 Å². The third kappa shape index (κ3) is 3.37. The monoisotopic (exact) mass is 254 g/mol. The van der Waals surface area contributed by atoms with E-state index in [4.69, 9.17) is 11.6 Å². The zero-order valence-electron chi connectivity index (χ0n) is 10.7. The van der Waals surface area contributed by atoms with Crippen LogP contribution in [0.25, 0.3) is 0 Å². The number of rotatable bonds is 3. The van der Waals surface area contributed by atoms with Crippen LogP contribution >= 0.6 is 11.6 Å². The molecule has 1 N–H and O–H groups in total. The highest BCUT2D eigenvalue weighted by Crippen LogP contribution is 2.23. The van der Waals surface area contributed by atoms with Crippen molar-refractivity contribution in [3.8, 4) is 0 Å². The molecule has 0 aliphatic carbocycles. The Labute approximate surface area is 108 Å². The molecular formula is C13H19ClN2O. The van der Waals surface area contributed by atoms with Gasteiger partial charge >= 0.3 is 6.03 Å². The van der Waals surface area contributed by atoms with Gasteiger partial charge in [0.15, 0.2) is 0 Å². The molecule has 0 aliphatic rings. The molecule has 0 unspecified atom stereocenters. The lowest BCUT2D eigenvalue weighted by Crippen LogP contribution is -2.43.